The summed E-state index contributed by atoms with van der Waals surface area (Å²) >= 11 is 0. The van der Waals surface area contributed by atoms with Crippen molar-refractivity contribution in [3.05, 3.63) is 17.5 Å². The first-order valence-corrected chi connectivity index (χ1v) is 7.26. The molecular formula is C11H17N3O3S. The van der Waals surface area contributed by atoms with Gasteiger partial charge in [-0.25, -0.2) is 8.42 Å². The standard InChI is InChI=1S/C11H17N3O3S/c1-9(2)14(6-4-5-12)18(15,16)8-11-7-10(3)17-13-11/h7,9H,4,6,8H2,1-3H3. The Hall–Kier alpha value is -1.39. The molecule has 0 radical (unpaired) electrons. The van der Waals surface area contributed by atoms with Gasteiger partial charge in [-0.05, 0) is 20.8 Å². The van der Waals surface area contributed by atoms with Crippen LogP contribution in [0.15, 0.2) is 10.6 Å². The average Bonchev–Trinajstić information content (AvgIpc) is 2.62. The molecule has 0 aromatic carbocycles. The monoisotopic (exact) mass is 271 g/mol. The lowest BCUT2D eigenvalue weighted by molar-refractivity contribution is 0.357. The zero-order chi connectivity index (χ0) is 13.8. The van der Waals surface area contributed by atoms with Crippen molar-refractivity contribution in [1.82, 2.24) is 9.46 Å². The summed E-state index contributed by atoms with van der Waals surface area (Å²) in [6.45, 7) is 5.47. The minimum Gasteiger partial charge on any atom is -0.361 e. The molecule has 1 aromatic heterocycles. The Bertz CT molecular complexity index is 528. The molecule has 0 N–H and O–H groups in total. The van der Waals surface area contributed by atoms with Gasteiger partial charge < -0.3 is 4.52 Å². The zero-order valence-electron chi connectivity index (χ0n) is 10.8. The number of rotatable bonds is 6. The number of sulfonamides is 1. The lowest BCUT2D eigenvalue weighted by Gasteiger charge is -2.24. The van der Waals surface area contributed by atoms with E-state index in [0.717, 1.165) is 0 Å². The Morgan fingerprint density at radius 1 is 1.56 bits per heavy atom. The quantitative estimate of drug-likeness (QED) is 0.781. The van der Waals surface area contributed by atoms with Crippen LogP contribution in [-0.4, -0.2) is 30.5 Å². The van der Waals surface area contributed by atoms with Crippen LogP contribution in [-0.2, 0) is 15.8 Å². The van der Waals surface area contributed by atoms with E-state index in [4.69, 9.17) is 9.78 Å². The molecule has 0 amide bonds. The highest BCUT2D eigenvalue weighted by molar-refractivity contribution is 7.88. The molecule has 0 bridgehead atoms. The maximum absolute atomic E-state index is 12.2. The van der Waals surface area contributed by atoms with Crippen LogP contribution in [0.5, 0.6) is 0 Å². The van der Waals surface area contributed by atoms with Crippen molar-refractivity contribution in [3.8, 4) is 6.07 Å². The van der Waals surface area contributed by atoms with E-state index in [1.165, 1.54) is 4.31 Å². The maximum Gasteiger partial charge on any atom is 0.220 e. The first-order chi connectivity index (χ1) is 8.36. The van der Waals surface area contributed by atoms with Gasteiger partial charge in [-0.3, -0.25) is 0 Å². The molecule has 0 atom stereocenters. The molecule has 100 valence electrons. The molecule has 0 saturated carbocycles. The van der Waals surface area contributed by atoms with E-state index < -0.39 is 10.0 Å². The third kappa shape index (κ3) is 3.82. The number of aromatic nitrogens is 1. The normalized spacial score (nSPS) is 12.0. The summed E-state index contributed by atoms with van der Waals surface area (Å²) < 4.78 is 30.5. The van der Waals surface area contributed by atoms with Gasteiger partial charge in [0.15, 0.2) is 0 Å². The van der Waals surface area contributed by atoms with Crippen LogP contribution in [0.3, 0.4) is 0 Å². The minimum atomic E-state index is -3.47. The van der Waals surface area contributed by atoms with Crippen LogP contribution in [0.1, 0.15) is 31.7 Å². The second-order valence-electron chi connectivity index (χ2n) is 4.30. The van der Waals surface area contributed by atoms with Gasteiger partial charge in [0.1, 0.15) is 17.2 Å². The van der Waals surface area contributed by atoms with E-state index in [1.807, 2.05) is 6.07 Å². The Kier molecular flexibility index (Phi) is 4.87. The summed E-state index contributed by atoms with van der Waals surface area (Å²) in [5.74, 6) is 0.377. The van der Waals surface area contributed by atoms with Gasteiger partial charge in [0.2, 0.25) is 10.0 Å². The topological polar surface area (TPSA) is 87.2 Å². The molecule has 0 unspecified atom stereocenters. The molecule has 1 rings (SSSR count). The second kappa shape index (κ2) is 5.98. The van der Waals surface area contributed by atoms with Crippen molar-refractivity contribution in [2.45, 2.75) is 39.0 Å². The fraction of sp³-hybridized carbons (Fsp3) is 0.636. The number of hydrogen-bond acceptors (Lipinski definition) is 5. The summed E-state index contributed by atoms with van der Waals surface area (Å²) in [6.07, 6.45) is 0.176. The molecule has 0 aliphatic heterocycles. The van der Waals surface area contributed by atoms with Crippen LogP contribution < -0.4 is 0 Å². The number of nitriles is 1. The lowest BCUT2D eigenvalue weighted by atomic mass is 10.3. The molecule has 1 heterocycles. The van der Waals surface area contributed by atoms with Gasteiger partial charge in [0.25, 0.3) is 0 Å². The molecule has 7 heteroatoms. The average molecular weight is 271 g/mol. The fourth-order valence-electron chi connectivity index (χ4n) is 1.63. The van der Waals surface area contributed by atoms with Crippen molar-refractivity contribution < 1.29 is 12.9 Å². The third-order valence-electron chi connectivity index (χ3n) is 2.38. The molecule has 0 aliphatic carbocycles. The summed E-state index contributed by atoms with van der Waals surface area (Å²) in [5, 5.41) is 12.2. The Morgan fingerprint density at radius 3 is 2.67 bits per heavy atom. The maximum atomic E-state index is 12.2. The van der Waals surface area contributed by atoms with Crippen LogP contribution in [0.4, 0.5) is 0 Å². The van der Waals surface area contributed by atoms with E-state index in [-0.39, 0.29) is 24.8 Å². The molecule has 18 heavy (non-hydrogen) atoms. The van der Waals surface area contributed by atoms with Crippen molar-refractivity contribution in [1.29, 1.82) is 5.26 Å². The fourth-order valence-corrected chi connectivity index (χ4v) is 3.32. The van der Waals surface area contributed by atoms with Crippen molar-refractivity contribution in [2.24, 2.45) is 0 Å². The van der Waals surface area contributed by atoms with Gasteiger partial charge in [0.05, 0.1) is 6.07 Å². The van der Waals surface area contributed by atoms with E-state index >= 15 is 0 Å². The SMILES string of the molecule is Cc1cc(CS(=O)(=O)N(CCC#N)C(C)C)no1. The molecule has 0 aliphatic rings. The van der Waals surface area contributed by atoms with Crippen LogP contribution in [0.2, 0.25) is 0 Å². The van der Waals surface area contributed by atoms with E-state index in [2.05, 4.69) is 5.16 Å². The second-order valence-corrected chi connectivity index (χ2v) is 6.22. The van der Waals surface area contributed by atoms with Gasteiger partial charge in [0, 0.05) is 25.1 Å². The molecule has 0 saturated heterocycles. The first kappa shape index (κ1) is 14.7. The minimum absolute atomic E-state index is 0.176. The smallest absolute Gasteiger partial charge is 0.220 e. The number of nitrogens with zero attached hydrogens (tertiary/aromatic N) is 3. The van der Waals surface area contributed by atoms with Gasteiger partial charge in [-0.2, -0.15) is 9.57 Å². The highest BCUT2D eigenvalue weighted by Gasteiger charge is 2.26. The Morgan fingerprint density at radius 2 is 2.22 bits per heavy atom. The van der Waals surface area contributed by atoms with Crippen molar-refractivity contribution >= 4 is 10.0 Å². The summed E-state index contributed by atoms with van der Waals surface area (Å²) in [5.41, 5.74) is 0.384. The number of hydrogen-bond donors (Lipinski definition) is 0. The summed E-state index contributed by atoms with van der Waals surface area (Å²) in [6, 6.07) is 3.37. The predicted molar refractivity (Wildman–Crippen MR) is 65.9 cm³/mol. The van der Waals surface area contributed by atoms with Crippen molar-refractivity contribution in [2.75, 3.05) is 6.54 Å². The molecular weight excluding hydrogens is 254 g/mol. The van der Waals surface area contributed by atoms with Crippen LogP contribution in [0.25, 0.3) is 0 Å². The Balaban J connectivity index is 2.85. The van der Waals surface area contributed by atoms with Crippen LogP contribution >= 0.6 is 0 Å². The molecule has 0 spiro atoms. The highest BCUT2D eigenvalue weighted by atomic mass is 32.2. The lowest BCUT2D eigenvalue weighted by Crippen LogP contribution is -2.38. The summed E-state index contributed by atoms with van der Waals surface area (Å²) in [4.78, 5) is 0. The highest BCUT2D eigenvalue weighted by Crippen LogP contribution is 2.14. The van der Waals surface area contributed by atoms with Crippen LogP contribution in [0, 0.1) is 18.3 Å². The molecule has 6 nitrogen and oxygen atoms in total. The van der Waals surface area contributed by atoms with Gasteiger partial charge >= 0.3 is 0 Å². The number of aryl methyl sites for hydroxylation is 1. The predicted octanol–water partition coefficient (Wildman–Crippen LogP) is 1.44. The first-order valence-electron chi connectivity index (χ1n) is 5.65. The largest absolute Gasteiger partial charge is 0.361 e. The molecule has 0 fully saturated rings. The van der Waals surface area contributed by atoms with E-state index in [9.17, 15) is 8.42 Å². The van der Waals surface area contributed by atoms with Crippen molar-refractivity contribution in [3.63, 3.8) is 0 Å². The van der Waals surface area contributed by atoms with Gasteiger partial charge in [-0.1, -0.05) is 5.16 Å². The Labute approximate surface area is 107 Å². The van der Waals surface area contributed by atoms with E-state index in [1.54, 1.807) is 26.8 Å². The third-order valence-corrected chi connectivity index (χ3v) is 4.36. The molecule has 1 aromatic rings. The zero-order valence-corrected chi connectivity index (χ0v) is 11.6. The van der Waals surface area contributed by atoms with E-state index in [0.29, 0.717) is 11.5 Å². The van der Waals surface area contributed by atoms with Gasteiger partial charge in [-0.15, -0.1) is 0 Å². The summed E-state index contributed by atoms with van der Waals surface area (Å²) in [7, 11) is -3.47.